The maximum atomic E-state index is 15.1. The quantitative estimate of drug-likeness (QED) is 0.311. The Kier molecular flexibility index (Phi) is 9.27. The number of aromatic nitrogens is 4. The van der Waals surface area contributed by atoms with Gasteiger partial charge in [-0.1, -0.05) is 12.1 Å². The summed E-state index contributed by atoms with van der Waals surface area (Å²) in [5, 5.41) is 7.94. The van der Waals surface area contributed by atoms with Gasteiger partial charge < -0.3 is 34.9 Å². The van der Waals surface area contributed by atoms with E-state index in [0.29, 0.717) is 60.2 Å². The Labute approximate surface area is 232 Å². The van der Waals surface area contributed by atoms with Crippen LogP contribution in [0.2, 0.25) is 0 Å². The predicted molar refractivity (Wildman–Crippen MR) is 133 cm³/mol. The van der Waals surface area contributed by atoms with Gasteiger partial charge in [0.15, 0.2) is 0 Å². The average molecular weight is 561 g/mol. The van der Waals surface area contributed by atoms with Crippen molar-refractivity contribution in [1.82, 2.24) is 30.0 Å². The van der Waals surface area contributed by atoms with Crippen molar-refractivity contribution in [2.24, 2.45) is 0 Å². The van der Waals surface area contributed by atoms with E-state index in [4.69, 9.17) is 9.72 Å². The summed E-state index contributed by atoms with van der Waals surface area (Å²) in [4.78, 5) is 11.5. The highest BCUT2D eigenvalue weighted by atomic mass is 35.5. The number of halogens is 4. The molecule has 202 valence electrons. The molecule has 0 atom stereocenters. The van der Waals surface area contributed by atoms with Crippen LogP contribution in [0.1, 0.15) is 24.4 Å². The van der Waals surface area contributed by atoms with Crippen LogP contribution in [0.3, 0.4) is 0 Å². The molecule has 0 unspecified atom stereocenters. The lowest BCUT2D eigenvalue weighted by molar-refractivity contribution is -0.00100. The summed E-state index contributed by atoms with van der Waals surface area (Å²) in [6, 6.07) is 8.68. The SMILES string of the molecule is Fc1cc(-c2cccc3ncc(-c4cnn(C5CCNCC5)c4)nc23)cc(F)c1CN1CCOCC1.[Cl-].[Cl-]. The Morgan fingerprint density at radius 1 is 0.974 bits per heavy atom. The van der Waals surface area contributed by atoms with Crippen LogP contribution in [0.25, 0.3) is 33.4 Å². The molecule has 2 fully saturated rings. The fourth-order valence-corrected chi connectivity index (χ4v) is 5.04. The normalized spacial score (nSPS) is 16.7. The number of para-hydroxylation sites is 1. The number of fused-ring (bicyclic) bond motifs is 1. The minimum absolute atomic E-state index is 0. The van der Waals surface area contributed by atoms with Gasteiger partial charge in [0.2, 0.25) is 0 Å². The standard InChI is InChI=1S/C27H28F2N6O.2ClH/c28-23-12-18(13-24(29)22(23)17-34-8-10-36-11-9-34)21-2-1-3-25-27(21)33-26(15-31-25)19-14-32-35(16-19)20-4-6-30-7-5-20;;/h1-3,12-16,20,30H,4-11,17H2;2*1H/p-2. The van der Waals surface area contributed by atoms with Crippen molar-refractivity contribution in [3.05, 3.63) is 66.1 Å². The van der Waals surface area contributed by atoms with Crippen molar-refractivity contribution < 1.29 is 38.3 Å². The molecule has 11 heteroatoms. The minimum Gasteiger partial charge on any atom is -1.00 e. The molecule has 0 radical (unpaired) electrons. The van der Waals surface area contributed by atoms with E-state index in [1.165, 1.54) is 12.1 Å². The lowest BCUT2D eigenvalue weighted by Crippen LogP contribution is -3.00. The first-order valence-electron chi connectivity index (χ1n) is 12.4. The smallest absolute Gasteiger partial charge is 0.131 e. The largest absolute Gasteiger partial charge is 1.00 e. The van der Waals surface area contributed by atoms with Crippen LogP contribution in [0.5, 0.6) is 0 Å². The molecule has 2 aromatic heterocycles. The summed E-state index contributed by atoms with van der Waals surface area (Å²) < 4.78 is 37.6. The van der Waals surface area contributed by atoms with Crippen molar-refractivity contribution in [3.63, 3.8) is 0 Å². The maximum absolute atomic E-state index is 15.1. The molecule has 0 spiro atoms. The summed E-state index contributed by atoms with van der Waals surface area (Å²) in [6.45, 7) is 4.67. The van der Waals surface area contributed by atoms with Gasteiger partial charge >= 0.3 is 0 Å². The molecule has 2 saturated heterocycles. The molecule has 0 bridgehead atoms. The highest BCUT2D eigenvalue weighted by molar-refractivity contribution is 5.92. The summed E-state index contributed by atoms with van der Waals surface area (Å²) in [7, 11) is 0. The lowest BCUT2D eigenvalue weighted by Gasteiger charge is -2.27. The zero-order valence-corrected chi connectivity index (χ0v) is 22.2. The van der Waals surface area contributed by atoms with Crippen molar-refractivity contribution in [1.29, 1.82) is 0 Å². The van der Waals surface area contributed by atoms with Gasteiger partial charge in [-0.2, -0.15) is 5.10 Å². The number of rotatable bonds is 5. The second-order valence-corrected chi connectivity index (χ2v) is 9.43. The van der Waals surface area contributed by atoms with E-state index in [1.807, 2.05) is 34.0 Å². The van der Waals surface area contributed by atoms with Crippen molar-refractivity contribution in [2.75, 3.05) is 39.4 Å². The highest BCUT2D eigenvalue weighted by Gasteiger charge is 2.20. The van der Waals surface area contributed by atoms with Crippen molar-refractivity contribution in [3.8, 4) is 22.4 Å². The van der Waals surface area contributed by atoms with E-state index in [2.05, 4.69) is 15.4 Å². The van der Waals surface area contributed by atoms with Crippen LogP contribution in [-0.4, -0.2) is 64.0 Å². The molecule has 4 aromatic rings. The number of nitrogens with zero attached hydrogens (tertiary/aromatic N) is 5. The molecule has 0 amide bonds. The van der Waals surface area contributed by atoms with Crippen molar-refractivity contribution >= 4 is 11.0 Å². The van der Waals surface area contributed by atoms with E-state index >= 15 is 8.78 Å². The zero-order valence-electron chi connectivity index (χ0n) is 20.7. The predicted octanol–water partition coefficient (Wildman–Crippen LogP) is -1.80. The van der Waals surface area contributed by atoms with Crippen LogP contribution < -0.4 is 30.1 Å². The molecule has 1 N–H and O–H groups in total. The third-order valence-corrected chi connectivity index (χ3v) is 7.09. The van der Waals surface area contributed by atoms with Gasteiger partial charge in [-0.05, 0) is 49.7 Å². The summed E-state index contributed by atoms with van der Waals surface area (Å²) in [5.41, 5.74) is 3.99. The van der Waals surface area contributed by atoms with Crippen LogP contribution >= 0.6 is 0 Å². The fourth-order valence-electron chi connectivity index (χ4n) is 5.04. The Hall–Kier alpha value is -2.69. The van der Waals surface area contributed by atoms with Gasteiger partial charge in [0.1, 0.15) is 11.6 Å². The molecule has 2 aromatic carbocycles. The van der Waals surface area contributed by atoms with Crippen LogP contribution in [0.4, 0.5) is 8.78 Å². The number of ether oxygens (including phenoxy) is 1. The summed E-state index contributed by atoms with van der Waals surface area (Å²) in [6.07, 6.45) is 7.61. The first-order valence-corrected chi connectivity index (χ1v) is 12.4. The Morgan fingerprint density at radius 3 is 2.45 bits per heavy atom. The number of benzene rings is 2. The topological polar surface area (TPSA) is 68.1 Å². The number of hydrogen-bond donors (Lipinski definition) is 1. The molecular weight excluding hydrogens is 533 g/mol. The van der Waals surface area contributed by atoms with E-state index in [9.17, 15) is 0 Å². The van der Waals surface area contributed by atoms with Gasteiger partial charge in [0.25, 0.3) is 0 Å². The van der Waals surface area contributed by atoms with Gasteiger partial charge in [-0.15, -0.1) is 0 Å². The van der Waals surface area contributed by atoms with Crippen molar-refractivity contribution in [2.45, 2.75) is 25.4 Å². The lowest BCUT2D eigenvalue weighted by atomic mass is 10.0. The molecule has 7 nitrogen and oxygen atoms in total. The van der Waals surface area contributed by atoms with Gasteiger partial charge in [-0.3, -0.25) is 14.6 Å². The fraction of sp³-hybridized carbons (Fsp3) is 0.370. The monoisotopic (exact) mass is 560 g/mol. The first kappa shape index (κ1) is 28.3. The minimum atomic E-state index is -0.555. The molecular formula is C27H28Cl2F2N6O-2. The van der Waals surface area contributed by atoms with Crippen LogP contribution in [-0.2, 0) is 11.3 Å². The van der Waals surface area contributed by atoms with Gasteiger partial charge in [0.05, 0.1) is 48.4 Å². The van der Waals surface area contributed by atoms with Crippen LogP contribution in [0.15, 0.2) is 48.9 Å². The number of nitrogens with one attached hydrogen (secondary N) is 1. The Morgan fingerprint density at radius 2 is 1.71 bits per heavy atom. The first-order chi connectivity index (χ1) is 17.7. The Balaban J connectivity index is 0.00000168. The summed E-state index contributed by atoms with van der Waals surface area (Å²) in [5.74, 6) is -1.11. The molecule has 0 aliphatic carbocycles. The highest BCUT2D eigenvalue weighted by Crippen LogP contribution is 2.31. The average Bonchev–Trinajstić information content (AvgIpc) is 3.42. The third kappa shape index (κ3) is 5.82. The number of piperidine rings is 1. The molecule has 0 saturated carbocycles. The van der Waals surface area contributed by atoms with E-state index < -0.39 is 11.6 Å². The maximum Gasteiger partial charge on any atom is 0.131 e. The molecule has 6 rings (SSSR count). The van der Waals surface area contributed by atoms with E-state index in [-0.39, 0.29) is 36.9 Å². The molecule has 38 heavy (non-hydrogen) atoms. The zero-order chi connectivity index (χ0) is 24.5. The number of hydrogen-bond acceptors (Lipinski definition) is 6. The second kappa shape index (κ2) is 12.4. The molecule has 2 aliphatic heterocycles. The summed E-state index contributed by atoms with van der Waals surface area (Å²) >= 11 is 0. The second-order valence-electron chi connectivity index (χ2n) is 9.43. The van der Waals surface area contributed by atoms with Gasteiger partial charge in [0, 0.05) is 42.5 Å². The molecule has 2 aliphatic rings. The number of morpholine rings is 1. The third-order valence-electron chi connectivity index (χ3n) is 7.09. The molecule has 4 heterocycles. The van der Waals surface area contributed by atoms with Crippen LogP contribution in [0, 0.1) is 11.6 Å². The Bertz CT molecular complexity index is 1370. The van der Waals surface area contributed by atoms with Gasteiger partial charge in [-0.25, -0.2) is 13.8 Å². The van der Waals surface area contributed by atoms with E-state index in [0.717, 1.165) is 31.5 Å². The van der Waals surface area contributed by atoms with E-state index in [1.54, 1.807) is 12.4 Å².